The van der Waals surface area contributed by atoms with Crippen LogP contribution in [0, 0.1) is 10.1 Å². The smallest absolute Gasteiger partial charge is 0.269 e. The molecule has 1 amide bonds. The molecule has 0 fully saturated rings. The minimum Gasteiger partial charge on any atom is -0.351 e. The summed E-state index contributed by atoms with van der Waals surface area (Å²) in [5.41, 5.74) is 3.07. The predicted molar refractivity (Wildman–Crippen MR) is 125 cm³/mol. The summed E-state index contributed by atoms with van der Waals surface area (Å²) in [5.74, 6) is -0.220. The van der Waals surface area contributed by atoms with Crippen molar-refractivity contribution in [3.8, 4) is 0 Å². The fraction of sp³-hybridized carbons (Fsp3) is 0.261. The highest BCUT2D eigenvalue weighted by Gasteiger charge is 2.33. The topological polar surface area (TPSA) is 75.5 Å². The van der Waals surface area contributed by atoms with Crippen LogP contribution in [0.5, 0.6) is 0 Å². The van der Waals surface area contributed by atoms with Crippen LogP contribution in [0.3, 0.4) is 0 Å². The van der Waals surface area contributed by atoms with E-state index in [4.69, 9.17) is 0 Å². The highest BCUT2D eigenvalue weighted by molar-refractivity contribution is 7.10. The van der Waals surface area contributed by atoms with E-state index in [0.29, 0.717) is 18.2 Å². The molecule has 2 heterocycles. The number of fused-ring (bicyclic) bond motifs is 1. The van der Waals surface area contributed by atoms with E-state index in [0.717, 1.165) is 13.0 Å². The molecule has 0 spiro atoms. The third-order valence-corrected chi connectivity index (χ3v) is 6.56. The molecule has 0 saturated carbocycles. The zero-order chi connectivity index (χ0) is 21.1. The van der Waals surface area contributed by atoms with E-state index in [1.54, 1.807) is 11.3 Å². The summed E-state index contributed by atoms with van der Waals surface area (Å²) in [7, 11) is 0. The standard InChI is InChI=1S/C23H23N3O3S.ClH/c1-16-15-19-11-14-30-22(19)21(17-5-3-2-4-6-17)25(16)13-12-24-23(27)18-7-9-20(10-8-18)26(28)29;/h2-11,14,16,21H,12-13,15H2,1H3,(H,24,27);1H. The van der Waals surface area contributed by atoms with Crippen LogP contribution in [-0.4, -0.2) is 34.9 Å². The van der Waals surface area contributed by atoms with Crippen molar-refractivity contribution in [2.24, 2.45) is 0 Å². The van der Waals surface area contributed by atoms with Crippen LogP contribution in [0.25, 0.3) is 0 Å². The molecule has 0 bridgehead atoms. The zero-order valence-electron chi connectivity index (χ0n) is 17.1. The Hall–Kier alpha value is -2.74. The van der Waals surface area contributed by atoms with Gasteiger partial charge in [-0.1, -0.05) is 30.3 Å². The monoisotopic (exact) mass is 457 g/mol. The molecular weight excluding hydrogens is 434 g/mol. The molecule has 3 aromatic rings. The van der Waals surface area contributed by atoms with Crippen LogP contribution in [0.15, 0.2) is 66.0 Å². The average Bonchev–Trinajstić information content (AvgIpc) is 3.22. The number of hydrogen-bond donors (Lipinski definition) is 1. The lowest BCUT2D eigenvalue weighted by molar-refractivity contribution is -0.384. The number of halogens is 1. The molecule has 0 radical (unpaired) electrons. The molecule has 2 atom stereocenters. The van der Waals surface area contributed by atoms with E-state index in [-0.39, 0.29) is 30.0 Å². The van der Waals surface area contributed by atoms with Crippen molar-refractivity contribution < 1.29 is 9.72 Å². The normalized spacial score (nSPS) is 18.0. The molecule has 2 unspecified atom stereocenters. The number of nitrogens with zero attached hydrogens (tertiary/aromatic N) is 2. The van der Waals surface area contributed by atoms with Crippen molar-refractivity contribution >= 4 is 35.3 Å². The second-order valence-corrected chi connectivity index (χ2v) is 8.42. The van der Waals surface area contributed by atoms with Crippen LogP contribution in [-0.2, 0) is 6.42 Å². The maximum absolute atomic E-state index is 12.5. The maximum atomic E-state index is 12.5. The SMILES string of the molecule is CC1Cc2ccsc2C(c2ccccc2)N1CCNC(=O)c1ccc([N+](=O)[O-])cc1.Cl. The highest BCUT2D eigenvalue weighted by Crippen LogP contribution is 2.40. The fourth-order valence-electron chi connectivity index (χ4n) is 4.06. The van der Waals surface area contributed by atoms with E-state index in [1.165, 1.54) is 40.3 Å². The number of non-ortho nitro benzene ring substituents is 1. The highest BCUT2D eigenvalue weighted by atomic mass is 35.5. The van der Waals surface area contributed by atoms with E-state index >= 15 is 0 Å². The van der Waals surface area contributed by atoms with Gasteiger partial charge in [0.2, 0.25) is 0 Å². The lowest BCUT2D eigenvalue weighted by Crippen LogP contribution is -2.45. The number of nitro benzene ring substituents is 1. The van der Waals surface area contributed by atoms with Gasteiger partial charge in [0.15, 0.2) is 0 Å². The number of nitrogens with one attached hydrogen (secondary N) is 1. The number of hydrogen-bond acceptors (Lipinski definition) is 5. The van der Waals surface area contributed by atoms with E-state index in [9.17, 15) is 14.9 Å². The van der Waals surface area contributed by atoms with Gasteiger partial charge in [-0.3, -0.25) is 19.8 Å². The summed E-state index contributed by atoms with van der Waals surface area (Å²) in [6, 6.07) is 18.9. The lowest BCUT2D eigenvalue weighted by Gasteiger charge is -2.41. The number of carbonyl (C=O) groups excluding carboxylic acids is 1. The van der Waals surface area contributed by atoms with Crippen LogP contribution in [0.1, 0.15) is 39.3 Å². The first kappa shape index (κ1) is 22.9. The zero-order valence-corrected chi connectivity index (χ0v) is 18.7. The molecule has 1 aliphatic rings. The van der Waals surface area contributed by atoms with Crippen molar-refractivity contribution in [3.63, 3.8) is 0 Å². The van der Waals surface area contributed by atoms with Gasteiger partial charge >= 0.3 is 0 Å². The van der Waals surface area contributed by atoms with Gasteiger partial charge in [-0.15, -0.1) is 23.7 Å². The van der Waals surface area contributed by atoms with Gasteiger partial charge in [0, 0.05) is 41.7 Å². The van der Waals surface area contributed by atoms with Crippen molar-refractivity contribution in [2.75, 3.05) is 13.1 Å². The first-order chi connectivity index (χ1) is 14.5. The molecule has 1 N–H and O–H groups in total. The Kier molecular flexibility index (Phi) is 7.43. The number of amides is 1. The molecule has 1 aliphatic heterocycles. The molecule has 8 heteroatoms. The quantitative estimate of drug-likeness (QED) is 0.424. The van der Waals surface area contributed by atoms with Gasteiger partial charge in [0.05, 0.1) is 11.0 Å². The van der Waals surface area contributed by atoms with Crippen LogP contribution >= 0.6 is 23.7 Å². The summed E-state index contributed by atoms with van der Waals surface area (Å²) >= 11 is 1.79. The third kappa shape index (κ3) is 4.95. The van der Waals surface area contributed by atoms with Crippen molar-refractivity contribution in [3.05, 3.63) is 97.7 Å². The largest absolute Gasteiger partial charge is 0.351 e. The van der Waals surface area contributed by atoms with E-state index < -0.39 is 4.92 Å². The Morgan fingerprint density at radius 3 is 2.55 bits per heavy atom. The first-order valence-electron chi connectivity index (χ1n) is 9.94. The maximum Gasteiger partial charge on any atom is 0.269 e. The Bertz CT molecular complexity index is 1040. The van der Waals surface area contributed by atoms with Gasteiger partial charge in [0.25, 0.3) is 11.6 Å². The molecular formula is C23H24ClN3O3S. The van der Waals surface area contributed by atoms with Gasteiger partial charge < -0.3 is 5.32 Å². The van der Waals surface area contributed by atoms with Crippen LogP contribution < -0.4 is 5.32 Å². The lowest BCUT2D eigenvalue weighted by atomic mass is 9.91. The number of carbonyl (C=O) groups is 1. The van der Waals surface area contributed by atoms with E-state index in [2.05, 4.69) is 52.9 Å². The molecule has 0 saturated heterocycles. The Balaban J connectivity index is 0.00000272. The summed E-state index contributed by atoms with van der Waals surface area (Å²) < 4.78 is 0. The average molecular weight is 458 g/mol. The van der Waals surface area contributed by atoms with Crippen LogP contribution in [0.2, 0.25) is 0 Å². The van der Waals surface area contributed by atoms with Gasteiger partial charge in [-0.2, -0.15) is 0 Å². The number of rotatable bonds is 6. The molecule has 162 valence electrons. The van der Waals surface area contributed by atoms with Crippen molar-refractivity contribution in [1.29, 1.82) is 0 Å². The minimum absolute atomic E-state index is 0. The van der Waals surface area contributed by atoms with Gasteiger partial charge in [-0.05, 0) is 48.1 Å². The second kappa shape index (κ2) is 10.0. The predicted octanol–water partition coefficient (Wildman–Crippen LogP) is 4.84. The Labute approximate surface area is 191 Å². The first-order valence-corrected chi connectivity index (χ1v) is 10.8. The molecule has 31 heavy (non-hydrogen) atoms. The molecule has 2 aromatic carbocycles. The van der Waals surface area contributed by atoms with Crippen LogP contribution in [0.4, 0.5) is 5.69 Å². The van der Waals surface area contributed by atoms with Crippen molar-refractivity contribution in [2.45, 2.75) is 25.4 Å². The molecule has 4 rings (SSSR count). The molecule has 6 nitrogen and oxygen atoms in total. The summed E-state index contributed by atoms with van der Waals surface area (Å²) in [6.07, 6.45) is 0.998. The molecule has 0 aliphatic carbocycles. The number of nitro groups is 1. The summed E-state index contributed by atoms with van der Waals surface area (Å²) in [6.45, 7) is 3.45. The van der Waals surface area contributed by atoms with Gasteiger partial charge in [0.1, 0.15) is 0 Å². The minimum atomic E-state index is -0.470. The number of benzene rings is 2. The van der Waals surface area contributed by atoms with E-state index in [1.807, 2.05) is 6.07 Å². The molecule has 1 aromatic heterocycles. The third-order valence-electron chi connectivity index (χ3n) is 5.55. The van der Waals surface area contributed by atoms with Gasteiger partial charge in [-0.25, -0.2) is 0 Å². The Morgan fingerprint density at radius 2 is 1.87 bits per heavy atom. The fourth-order valence-corrected chi connectivity index (χ4v) is 5.14. The Morgan fingerprint density at radius 1 is 1.16 bits per heavy atom. The summed E-state index contributed by atoms with van der Waals surface area (Å²) in [4.78, 5) is 26.6. The van der Waals surface area contributed by atoms with Crippen molar-refractivity contribution in [1.82, 2.24) is 10.2 Å². The number of thiophene rings is 1. The summed E-state index contributed by atoms with van der Waals surface area (Å²) in [5, 5.41) is 15.9. The second-order valence-electron chi connectivity index (χ2n) is 7.47.